The predicted octanol–water partition coefficient (Wildman–Crippen LogP) is 0.940. The molecule has 0 radical (unpaired) electrons. The van der Waals surface area contributed by atoms with Crippen LogP contribution in [0.2, 0.25) is 0 Å². The molecule has 21 unspecified atom stereocenters. The molecule has 14 nitrogen and oxygen atoms in total. The number of aldehydes is 1. The molecule has 0 amide bonds. The van der Waals surface area contributed by atoms with Crippen LogP contribution in [0.5, 0.6) is 0 Å². The first-order valence-electron chi connectivity index (χ1n) is 20.9. The van der Waals surface area contributed by atoms with Gasteiger partial charge in [0.1, 0.15) is 55.1 Å². The Kier molecular flexibility index (Phi) is 11.4. The number of rotatable bonds is 8. The molecule has 21 atom stereocenters. The largest absolute Gasteiger partial charge is 0.394 e. The van der Waals surface area contributed by atoms with Crippen LogP contribution in [0.3, 0.4) is 0 Å². The van der Waals surface area contributed by atoms with Crippen LogP contribution >= 0.6 is 0 Å². The van der Waals surface area contributed by atoms with Crippen molar-refractivity contribution in [2.24, 2.45) is 50.2 Å². The Morgan fingerprint density at radius 3 is 1.93 bits per heavy atom. The van der Waals surface area contributed by atoms with E-state index >= 15 is 0 Å². The maximum atomic E-state index is 13.3. The summed E-state index contributed by atoms with van der Waals surface area (Å²) in [7, 11) is 0. The minimum absolute atomic E-state index is 0.0552. The highest BCUT2D eigenvalue weighted by atomic mass is 16.7. The first kappa shape index (κ1) is 43.0. The highest BCUT2D eigenvalue weighted by Gasteiger charge is 2.70. The molecule has 6 fully saturated rings. The number of fused-ring (bicyclic) bond motifs is 7. The molecule has 7 rings (SSSR count). The molecule has 9 N–H and O–H groups in total. The summed E-state index contributed by atoms with van der Waals surface area (Å²) in [5.74, 6) is 0.180. The van der Waals surface area contributed by atoms with Crippen molar-refractivity contribution in [2.75, 3.05) is 19.8 Å². The molecule has 7 aliphatic rings. The zero-order valence-corrected chi connectivity index (χ0v) is 33.9. The van der Waals surface area contributed by atoms with Gasteiger partial charge in [-0.2, -0.15) is 0 Å². The van der Waals surface area contributed by atoms with E-state index < -0.39 is 92.2 Å². The van der Waals surface area contributed by atoms with Gasteiger partial charge in [0, 0.05) is 5.41 Å². The zero-order valence-electron chi connectivity index (χ0n) is 33.9. The second kappa shape index (κ2) is 14.8. The van der Waals surface area contributed by atoms with E-state index in [1.54, 1.807) is 0 Å². The number of aliphatic hydroxyl groups excluding tert-OH is 9. The zero-order chi connectivity index (χ0) is 41.0. The second-order valence-corrected chi connectivity index (χ2v) is 20.4. The van der Waals surface area contributed by atoms with Crippen LogP contribution in [0, 0.1) is 50.2 Å². The van der Waals surface area contributed by atoms with Crippen LogP contribution in [0.4, 0.5) is 0 Å². The van der Waals surface area contributed by atoms with Gasteiger partial charge in [0.05, 0.1) is 37.4 Å². The third-order valence-corrected chi connectivity index (χ3v) is 17.5. The van der Waals surface area contributed by atoms with Crippen LogP contribution in [-0.4, -0.2) is 146 Å². The van der Waals surface area contributed by atoms with Crippen LogP contribution in [-0.2, 0) is 23.7 Å². The quantitative estimate of drug-likeness (QED) is 0.0946. The van der Waals surface area contributed by atoms with Crippen LogP contribution in [0.15, 0.2) is 11.6 Å². The maximum absolute atomic E-state index is 13.3. The number of hydrogen-bond donors (Lipinski definition) is 9. The molecule has 2 saturated heterocycles. The summed E-state index contributed by atoms with van der Waals surface area (Å²) >= 11 is 0. The van der Waals surface area contributed by atoms with E-state index in [0.717, 1.165) is 51.2 Å². The van der Waals surface area contributed by atoms with Crippen molar-refractivity contribution in [1.29, 1.82) is 0 Å². The fourth-order valence-electron chi connectivity index (χ4n) is 13.5. The Morgan fingerprint density at radius 1 is 0.714 bits per heavy atom. The van der Waals surface area contributed by atoms with Gasteiger partial charge < -0.3 is 69.7 Å². The lowest BCUT2D eigenvalue weighted by molar-refractivity contribution is -0.327. The Hall–Kier alpha value is -1.11. The van der Waals surface area contributed by atoms with Crippen molar-refractivity contribution < 1.29 is 69.7 Å². The summed E-state index contributed by atoms with van der Waals surface area (Å²) in [6, 6.07) is 0. The highest BCUT2D eigenvalue weighted by molar-refractivity contribution is 5.61. The van der Waals surface area contributed by atoms with Gasteiger partial charge in [0.15, 0.2) is 12.6 Å². The molecule has 14 heteroatoms. The molecular weight excluding hydrogens is 728 g/mol. The molecule has 0 aromatic heterocycles. The lowest BCUT2D eigenvalue weighted by Crippen LogP contribution is -2.67. The third kappa shape index (κ3) is 6.25. The van der Waals surface area contributed by atoms with Gasteiger partial charge in [-0.15, -0.1) is 0 Å². The van der Waals surface area contributed by atoms with E-state index in [1.807, 2.05) is 6.92 Å². The number of hydrogen-bond acceptors (Lipinski definition) is 14. The SMILES string of the molecule is CC1(COC2OC(CO)C(O)C(O)C2O)CCC2(C)C(O)CC3(C)C(=CCC4C5(C)CCC(OC6OC(CO)C(O)C(O)C6O)C(C)(C=O)C5CCC43C)C2C1. The molecule has 2 heterocycles. The Bertz CT molecular complexity index is 1490. The minimum Gasteiger partial charge on any atom is -0.394 e. The van der Waals surface area contributed by atoms with Gasteiger partial charge in [-0.3, -0.25) is 0 Å². The molecule has 320 valence electrons. The summed E-state index contributed by atoms with van der Waals surface area (Å²) in [6.45, 7) is 12.4. The van der Waals surface area contributed by atoms with Gasteiger partial charge in [-0.25, -0.2) is 0 Å². The van der Waals surface area contributed by atoms with Crippen LogP contribution in [0.25, 0.3) is 0 Å². The summed E-state index contributed by atoms with van der Waals surface area (Å²) < 4.78 is 23.9. The number of ether oxygens (including phenoxy) is 4. The van der Waals surface area contributed by atoms with Crippen molar-refractivity contribution in [1.82, 2.24) is 0 Å². The van der Waals surface area contributed by atoms with E-state index in [0.29, 0.717) is 12.8 Å². The van der Waals surface area contributed by atoms with Gasteiger partial charge in [-0.05, 0) is 97.2 Å². The molecule has 56 heavy (non-hydrogen) atoms. The Balaban J connectivity index is 1.13. The number of aliphatic hydroxyl groups is 9. The van der Waals surface area contributed by atoms with E-state index in [4.69, 9.17) is 18.9 Å². The van der Waals surface area contributed by atoms with Gasteiger partial charge in [0.2, 0.25) is 0 Å². The van der Waals surface area contributed by atoms with Crippen molar-refractivity contribution in [3.63, 3.8) is 0 Å². The normalized spacial score (nSPS) is 57.2. The molecular formula is C42H68O14. The smallest absolute Gasteiger partial charge is 0.187 e. The minimum atomic E-state index is -1.58. The lowest BCUT2D eigenvalue weighted by atomic mass is 9.33. The molecule has 4 saturated carbocycles. The third-order valence-electron chi connectivity index (χ3n) is 17.5. The fraction of sp³-hybridized carbons (Fsp3) is 0.929. The van der Waals surface area contributed by atoms with E-state index in [9.17, 15) is 50.8 Å². The highest BCUT2D eigenvalue weighted by Crippen LogP contribution is 2.75. The van der Waals surface area contributed by atoms with E-state index in [-0.39, 0.29) is 51.4 Å². The molecule has 0 aromatic rings. The lowest BCUT2D eigenvalue weighted by Gasteiger charge is -2.71. The van der Waals surface area contributed by atoms with Crippen molar-refractivity contribution >= 4 is 6.29 Å². The first-order chi connectivity index (χ1) is 26.2. The van der Waals surface area contributed by atoms with Crippen molar-refractivity contribution in [3.8, 4) is 0 Å². The van der Waals surface area contributed by atoms with E-state index in [2.05, 4.69) is 40.7 Å². The summed E-state index contributed by atoms with van der Waals surface area (Å²) in [5.41, 5.74) is -1.10. The average Bonchev–Trinajstić information content (AvgIpc) is 3.16. The average molecular weight is 797 g/mol. The summed E-state index contributed by atoms with van der Waals surface area (Å²) in [6.07, 6.45) is -4.98. The number of allylic oxidation sites excluding steroid dienone is 2. The monoisotopic (exact) mass is 796 g/mol. The summed E-state index contributed by atoms with van der Waals surface area (Å²) in [5, 5.41) is 94.4. The van der Waals surface area contributed by atoms with Crippen molar-refractivity contribution in [3.05, 3.63) is 11.6 Å². The molecule has 0 aromatic carbocycles. The molecule has 5 aliphatic carbocycles. The fourth-order valence-corrected chi connectivity index (χ4v) is 13.5. The maximum Gasteiger partial charge on any atom is 0.187 e. The topological polar surface area (TPSA) is 236 Å². The summed E-state index contributed by atoms with van der Waals surface area (Å²) in [4.78, 5) is 13.3. The van der Waals surface area contributed by atoms with Crippen LogP contribution < -0.4 is 0 Å². The number of carbonyl (C=O) groups excluding carboxylic acids is 1. The molecule has 0 spiro atoms. The molecule has 2 aliphatic heterocycles. The predicted molar refractivity (Wildman–Crippen MR) is 199 cm³/mol. The molecule has 0 bridgehead atoms. The Morgan fingerprint density at radius 2 is 1.32 bits per heavy atom. The standard InChI is InChI=1S/C42H68O14/c1-37(20-53-35-33(51)31(49)29(47)23(17-43)54-35)13-14-38(2)22(15-37)21-7-8-26-39(3)11-10-28(56-36-34(52)32(50)30(48)24(18-44)55-36)40(4,19-45)25(39)9-12-41(26,5)42(21,6)16-27(38)46/h7,19,22-36,43-44,46-52H,8-18,20H2,1-6H3. The van der Waals surface area contributed by atoms with Gasteiger partial charge >= 0.3 is 0 Å². The van der Waals surface area contributed by atoms with Crippen LogP contribution in [0.1, 0.15) is 99.3 Å². The van der Waals surface area contributed by atoms with Gasteiger partial charge in [-0.1, -0.05) is 53.2 Å². The first-order valence-corrected chi connectivity index (χ1v) is 20.9. The second-order valence-electron chi connectivity index (χ2n) is 20.4. The van der Waals surface area contributed by atoms with E-state index in [1.165, 1.54) is 5.57 Å². The van der Waals surface area contributed by atoms with Crippen molar-refractivity contribution in [2.45, 2.75) is 173 Å². The number of carbonyl (C=O) groups is 1. The van der Waals surface area contributed by atoms with Gasteiger partial charge in [0.25, 0.3) is 0 Å². The Labute approximate surface area is 330 Å².